The molecule has 1 aromatic rings. The van der Waals surface area contributed by atoms with Gasteiger partial charge in [-0.05, 0) is 23.6 Å². The number of benzene rings is 1. The number of hydrogen-bond acceptors (Lipinski definition) is 4. The number of nitrogens with zero attached hydrogens (tertiary/aromatic N) is 1. The molecule has 0 saturated carbocycles. The van der Waals surface area contributed by atoms with E-state index in [1.165, 1.54) is 7.11 Å². The number of Topliss-reactive ketones (excluding diaryl/α,β-unsaturated/α-hetero) is 1. The fourth-order valence-corrected chi connectivity index (χ4v) is 2.19. The van der Waals surface area contributed by atoms with Crippen molar-refractivity contribution in [3.8, 4) is 17.6 Å². The van der Waals surface area contributed by atoms with Crippen LogP contribution in [0.4, 0.5) is 0 Å². The molecule has 4 heteroatoms. The van der Waals surface area contributed by atoms with Gasteiger partial charge in [-0.1, -0.05) is 0 Å². The monoisotopic (exact) mass is 231 g/mol. The fourth-order valence-electron chi connectivity index (χ4n) is 2.19. The molecule has 17 heavy (non-hydrogen) atoms. The Morgan fingerprint density at radius 1 is 1.29 bits per heavy atom. The van der Waals surface area contributed by atoms with Gasteiger partial charge in [-0.15, -0.1) is 0 Å². The summed E-state index contributed by atoms with van der Waals surface area (Å²) in [4.78, 5) is 11.5. The molecule has 0 N–H and O–H groups in total. The Labute approximate surface area is 99.8 Å². The average molecular weight is 231 g/mol. The predicted octanol–water partition coefficient (Wildman–Crippen LogP) is 1.63. The number of carbonyl (C=O) groups is 1. The Kier molecular flexibility index (Phi) is 3.01. The number of aryl methyl sites for hydroxylation is 1. The van der Waals surface area contributed by atoms with Crippen molar-refractivity contribution in [1.29, 1.82) is 5.26 Å². The van der Waals surface area contributed by atoms with Gasteiger partial charge in [0, 0.05) is 12.8 Å². The highest BCUT2D eigenvalue weighted by Crippen LogP contribution is 2.37. The SMILES string of the molecule is COc1cc2c(c(C#N)c1OC)CC(=O)CC2. The molecule has 0 radical (unpaired) electrons. The van der Waals surface area contributed by atoms with Gasteiger partial charge < -0.3 is 9.47 Å². The van der Waals surface area contributed by atoms with Crippen LogP contribution in [0.1, 0.15) is 23.1 Å². The molecule has 0 aromatic heterocycles. The van der Waals surface area contributed by atoms with E-state index in [9.17, 15) is 10.1 Å². The van der Waals surface area contributed by atoms with Crippen molar-refractivity contribution in [3.63, 3.8) is 0 Å². The molecule has 0 atom stereocenters. The van der Waals surface area contributed by atoms with E-state index in [0.717, 1.165) is 11.1 Å². The Morgan fingerprint density at radius 2 is 2.06 bits per heavy atom. The highest BCUT2D eigenvalue weighted by atomic mass is 16.5. The minimum atomic E-state index is 0.168. The number of nitriles is 1. The van der Waals surface area contributed by atoms with Gasteiger partial charge in [0.25, 0.3) is 0 Å². The summed E-state index contributed by atoms with van der Waals surface area (Å²) in [5, 5.41) is 9.21. The van der Waals surface area contributed by atoms with Gasteiger partial charge in [-0.3, -0.25) is 4.79 Å². The molecule has 0 spiro atoms. The Morgan fingerprint density at radius 3 is 2.65 bits per heavy atom. The highest BCUT2D eigenvalue weighted by molar-refractivity contribution is 5.85. The summed E-state index contributed by atoms with van der Waals surface area (Å²) >= 11 is 0. The van der Waals surface area contributed by atoms with Crippen LogP contribution in [0.5, 0.6) is 11.5 Å². The molecule has 2 rings (SSSR count). The number of ketones is 1. The van der Waals surface area contributed by atoms with Crippen molar-refractivity contribution in [1.82, 2.24) is 0 Å². The second-order valence-corrected chi connectivity index (χ2v) is 3.95. The average Bonchev–Trinajstić information content (AvgIpc) is 2.36. The zero-order valence-corrected chi connectivity index (χ0v) is 9.87. The molecule has 1 aliphatic rings. The fraction of sp³-hybridized carbons (Fsp3) is 0.385. The highest BCUT2D eigenvalue weighted by Gasteiger charge is 2.24. The maximum atomic E-state index is 11.5. The van der Waals surface area contributed by atoms with Crippen LogP contribution in [0.2, 0.25) is 0 Å². The zero-order valence-electron chi connectivity index (χ0n) is 9.87. The molecule has 1 aromatic carbocycles. The molecular weight excluding hydrogens is 218 g/mol. The number of ether oxygens (including phenoxy) is 2. The Hall–Kier alpha value is -2.02. The maximum Gasteiger partial charge on any atom is 0.178 e. The van der Waals surface area contributed by atoms with E-state index in [2.05, 4.69) is 6.07 Å². The van der Waals surface area contributed by atoms with E-state index in [-0.39, 0.29) is 5.78 Å². The molecule has 4 nitrogen and oxygen atoms in total. The van der Waals surface area contributed by atoms with Gasteiger partial charge >= 0.3 is 0 Å². The molecule has 0 fully saturated rings. The largest absolute Gasteiger partial charge is 0.493 e. The van der Waals surface area contributed by atoms with Crippen LogP contribution in [0.15, 0.2) is 6.07 Å². The van der Waals surface area contributed by atoms with Crippen LogP contribution in [0.3, 0.4) is 0 Å². The summed E-state index contributed by atoms with van der Waals surface area (Å²) in [6, 6.07) is 3.98. The van der Waals surface area contributed by atoms with E-state index < -0.39 is 0 Å². The first-order valence-electron chi connectivity index (χ1n) is 5.39. The van der Waals surface area contributed by atoms with Crippen molar-refractivity contribution in [3.05, 3.63) is 22.8 Å². The minimum absolute atomic E-state index is 0.168. The summed E-state index contributed by atoms with van der Waals surface area (Å²) in [6.07, 6.45) is 1.52. The van der Waals surface area contributed by atoms with Crippen LogP contribution >= 0.6 is 0 Å². The second-order valence-electron chi connectivity index (χ2n) is 3.95. The van der Waals surface area contributed by atoms with E-state index in [1.54, 1.807) is 7.11 Å². The van der Waals surface area contributed by atoms with Gasteiger partial charge in [0.2, 0.25) is 0 Å². The number of methoxy groups -OCH3 is 2. The van der Waals surface area contributed by atoms with Crippen LogP contribution < -0.4 is 9.47 Å². The lowest BCUT2D eigenvalue weighted by Gasteiger charge is -2.20. The first-order chi connectivity index (χ1) is 8.21. The smallest absolute Gasteiger partial charge is 0.178 e. The summed E-state index contributed by atoms with van der Waals surface area (Å²) < 4.78 is 10.4. The molecule has 1 aliphatic carbocycles. The lowest BCUT2D eigenvalue weighted by molar-refractivity contribution is -0.118. The van der Waals surface area contributed by atoms with Crippen molar-refractivity contribution in [2.45, 2.75) is 19.3 Å². The van der Waals surface area contributed by atoms with E-state index in [0.29, 0.717) is 36.3 Å². The standard InChI is InChI=1S/C13H13NO3/c1-16-12-5-8-3-4-9(15)6-10(8)11(7-14)13(12)17-2/h5H,3-4,6H2,1-2H3. The van der Waals surface area contributed by atoms with Gasteiger partial charge in [0.15, 0.2) is 11.5 Å². The molecule has 0 heterocycles. The number of hydrogen-bond donors (Lipinski definition) is 0. The van der Waals surface area contributed by atoms with Gasteiger partial charge in [0.05, 0.1) is 14.2 Å². The molecule has 88 valence electrons. The topological polar surface area (TPSA) is 59.3 Å². The number of carbonyl (C=O) groups excluding carboxylic acids is 1. The van der Waals surface area contributed by atoms with E-state index in [4.69, 9.17) is 9.47 Å². The van der Waals surface area contributed by atoms with Crippen molar-refractivity contribution in [2.24, 2.45) is 0 Å². The minimum Gasteiger partial charge on any atom is -0.493 e. The van der Waals surface area contributed by atoms with Crippen LogP contribution in [-0.2, 0) is 17.6 Å². The maximum absolute atomic E-state index is 11.5. The Bertz CT molecular complexity index is 514. The molecule has 0 bridgehead atoms. The summed E-state index contributed by atoms with van der Waals surface area (Å²) in [5.74, 6) is 1.14. The van der Waals surface area contributed by atoms with Gasteiger partial charge in [-0.25, -0.2) is 0 Å². The molecule has 0 aliphatic heterocycles. The zero-order chi connectivity index (χ0) is 12.4. The second kappa shape index (κ2) is 4.46. The normalized spacial score (nSPS) is 13.8. The van der Waals surface area contributed by atoms with Crippen LogP contribution in [-0.4, -0.2) is 20.0 Å². The van der Waals surface area contributed by atoms with E-state index >= 15 is 0 Å². The number of rotatable bonds is 2. The summed E-state index contributed by atoms with van der Waals surface area (Å²) in [5.41, 5.74) is 2.23. The third kappa shape index (κ3) is 1.84. The van der Waals surface area contributed by atoms with Crippen LogP contribution in [0.25, 0.3) is 0 Å². The summed E-state index contributed by atoms with van der Waals surface area (Å²) in [7, 11) is 3.04. The third-order valence-electron chi connectivity index (χ3n) is 3.03. The lowest BCUT2D eigenvalue weighted by Crippen LogP contribution is -2.15. The van der Waals surface area contributed by atoms with Crippen LogP contribution in [0, 0.1) is 11.3 Å². The Balaban J connectivity index is 2.67. The lowest BCUT2D eigenvalue weighted by atomic mass is 9.87. The molecule has 0 saturated heterocycles. The predicted molar refractivity (Wildman–Crippen MR) is 61.3 cm³/mol. The molecular formula is C13H13NO3. The quantitative estimate of drug-likeness (QED) is 0.776. The van der Waals surface area contributed by atoms with Gasteiger partial charge in [0.1, 0.15) is 17.4 Å². The first-order valence-corrected chi connectivity index (χ1v) is 5.39. The molecule has 0 unspecified atom stereocenters. The summed E-state index contributed by atoms with van der Waals surface area (Å²) in [6.45, 7) is 0. The number of fused-ring (bicyclic) bond motifs is 1. The van der Waals surface area contributed by atoms with Crippen molar-refractivity contribution < 1.29 is 14.3 Å². The molecule has 0 amide bonds. The van der Waals surface area contributed by atoms with Crippen molar-refractivity contribution >= 4 is 5.78 Å². The van der Waals surface area contributed by atoms with E-state index in [1.807, 2.05) is 6.07 Å². The third-order valence-corrected chi connectivity index (χ3v) is 3.03. The van der Waals surface area contributed by atoms with Gasteiger partial charge in [-0.2, -0.15) is 5.26 Å². The van der Waals surface area contributed by atoms with Crippen molar-refractivity contribution in [2.75, 3.05) is 14.2 Å². The first kappa shape index (κ1) is 11.5.